The van der Waals surface area contributed by atoms with E-state index >= 15 is 0 Å². The standard InChI is InChI=1S/C21H21N5O2/c1-13-16(9-6-10-18(13)22-14(2)27)20-17-11-26(12-19(17)24-25-20)21(28)23-15-7-4-3-5-8-15/h3-10H,11-12H2,1-2H3,(H,22,27)(H,23,28)(H,24,25). The van der Waals surface area contributed by atoms with Crippen LogP contribution in [0, 0.1) is 6.92 Å². The van der Waals surface area contributed by atoms with Gasteiger partial charge in [-0.3, -0.25) is 9.89 Å². The van der Waals surface area contributed by atoms with E-state index in [1.165, 1.54) is 6.92 Å². The van der Waals surface area contributed by atoms with E-state index in [0.29, 0.717) is 13.1 Å². The van der Waals surface area contributed by atoms with Crippen molar-refractivity contribution in [3.05, 3.63) is 65.4 Å². The fraction of sp³-hybridized carbons (Fsp3) is 0.190. The molecule has 4 rings (SSSR count). The summed E-state index contributed by atoms with van der Waals surface area (Å²) < 4.78 is 0. The number of nitrogens with zero attached hydrogens (tertiary/aromatic N) is 2. The summed E-state index contributed by atoms with van der Waals surface area (Å²) in [5.41, 5.74) is 6.16. The third-order valence-corrected chi connectivity index (χ3v) is 4.86. The van der Waals surface area contributed by atoms with E-state index < -0.39 is 0 Å². The van der Waals surface area contributed by atoms with Crippen LogP contribution in [0.15, 0.2) is 48.5 Å². The summed E-state index contributed by atoms with van der Waals surface area (Å²) in [5, 5.41) is 13.3. The van der Waals surface area contributed by atoms with Gasteiger partial charge in [0.2, 0.25) is 5.91 Å². The Hall–Kier alpha value is -3.61. The largest absolute Gasteiger partial charge is 0.326 e. The van der Waals surface area contributed by atoms with Gasteiger partial charge in [0, 0.05) is 29.4 Å². The number of hydrogen-bond acceptors (Lipinski definition) is 3. The molecule has 0 spiro atoms. The number of aromatic amines is 1. The van der Waals surface area contributed by atoms with Crippen molar-refractivity contribution < 1.29 is 9.59 Å². The molecule has 1 aliphatic heterocycles. The molecule has 2 aromatic carbocycles. The van der Waals surface area contributed by atoms with Gasteiger partial charge in [-0.1, -0.05) is 30.3 Å². The van der Waals surface area contributed by atoms with Crippen LogP contribution in [0.4, 0.5) is 16.2 Å². The fourth-order valence-electron chi connectivity index (χ4n) is 3.45. The van der Waals surface area contributed by atoms with E-state index in [1.807, 2.05) is 55.5 Å². The van der Waals surface area contributed by atoms with Crippen molar-refractivity contribution in [2.45, 2.75) is 26.9 Å². The Bertz CT molecular complexity index is 1040. The number of para-hydroxylation sites is 1. The van der Waals surface area contributed by atoms with Gasteiger partial charge in [-0.25, -0.2) is 4.79 Å². The quantitative estimate of drug-likeness (QED) is 0.649. The predicted octanol–water partition coefficient (Wildman–Crippen LogP) is 3.89. The Kier molecular flexibility index (Phi) is 4.57. The highest BCUT2D eigenvalue weighted by atomic mass is 16.2. The topological polar surface area (TPSA) is 90.1 Å². The van der Waals surface area contributed by atoms with Crippen molar-refractivity contribution >= 4 is 23.3 Å². The number of rotatable bonds is 3. The van der Waals surface area contributed by atoms with E-state index in [4.69, 9.17) is 0 Å². The van der Waals surface area contributed by atoms with Crippen LogP contribution in [-0.2, 0) is 17.9 Å². The van der Waals surface area contributed by atoms with E-state index in [-0.39, 0.29) is 11.9 Å². The zero-order valence-electron chi connectivity index (χ0n) is 15.7. The van der Waals surface area contributed by atoms with E-state index in [2.05, 4.69) is 20.8 Å². The number of hydrogen-bond donors (Lipinski definition) is 3. The number of carbonyl (C=O) groups excluding carboxylic acids is 2. The number of carbonyl (C=O) groups is 2. The number of H-pyrrole nitrogens is 1. The lowest BCUT2D eigenvalue weighted by atomic mass is 10.0. The molecule has 0 saturated carbocycles. The molecule has 0 saturated heterocycles. The molecule has 0 atom stereocenters. The summed E-state index contributed by atoms with van der Waals surface area (Å²) in [4.78, 5) is 25.8. The minimum absolute atomic E-state index is 0.115. The van der Waals surface area contributed by atoms with Crippen LogP contribution in [0.1, 0.15) is 23.7 Å². The molecule has 0 fully saturated rings. The highest BCUT2D eigenvalue weighted by Crippen LogP contribution is 2.34. The second-order valence-corrected chi connectivity index (χ2v) is 6.84. The second-order valence-electron chi connectivity index (χ2n) is 6.84. The molecule has 142 valence electrons. The van der Waals surface area contributed by atoms with Gasteiger partial charge in [0.05, 0.1) is 24.5 Å². The summed E-state index contributed by atoms with van der Waals surface area (Å²) in [6, 6.07) is 15.0. The van der Waals surface area contributed by atoms with Crippen molar-refractivity contribution in [3.8, 4) is 11.3 Å². The Labute approximate surface area is 162 Å². The molecule has 28 heavy (non-hydrogen) atoms. The first-order valence-electron chi connectivity index (χ1n) is 9.07. The fourth-order valence-corrected chi connectivity index (χ4v) is 3.45. The van der Waals surface area contributed by atoms with Gasteiger partial charge in [-0.15, -0.1) is 0 Å². The number of amides is 3. The van der Waals surface area contributed by atoms with E-state index in [1.54, 1.807) is 4.90 Å². The van der Waals surface area contributed by atoms with Crippen molar-refractivity contribution in [1.29, 1.82) is 0 Å². The lowest BCUT2D eigenvalue weighted by Gasteiger charge is -2.17. The molecule has 0 bridgehead atoms. The highest BCUT2D eigenvalue weighted by molar-refractivity contribution is 5.92. The summed E-state index contributed by atoms with van der Waals surface area (Å²) in [5.74, 6) is -0.115. The highest BCUT2D eigenvalue weighted by Gasteiger charge is 2.29. The SMILES string of the molecule is CC(=O)Nc1cccc(-c2n[nH]c3c2CN(C(=O)Nc2ccccc2)C3)c1C. The molecule has 7 nitrogen and oxygen atoms in total. The van der Waals surface area contributed by atoms with Gasteiger partial charge in [0.25, 0.3) is 0 Å². The van der Waals surface area contributed by atoms with Crippen molar-refractivity contribution in [3.63, 3.8) is 0 Å². The van der Waals surface area contributed by atoms with E-state index in [9.17, 15) is 9.59 Å². The van der Waals surface area contributed by atoms with Crippen molar-refractivity contribution in [2.24, 2.45) is 0 Å². The average Bonchev–Trinajstić information content (AvgIpc) is 3.25. The van der Waals surface area contributed by atoms with Crippen LogP contribution in [0.25, 0.3) is 11.3 Å². The predicted molar refractivity (Wildman–Crippen MR) is 108 cm³/mol. The zero-order valence-corrected chi connectivity index (χ0v) is 15.7. The maximum atomic E-state index is 12.6. The molecule has 7 heteroatoms. The maximum Gasteiger partial charge on any atom is 0.322 e. The molecule has 2 heterocycles. The van der Waals surface area contributed by atoms with Crippen LogP contribution in [0.5, 0.6) is 0 Å². The molecular weight excluding hydrogens is 354 g/mol. The Morgan fingerprint density at radius 2 is 1.82 bits per heavy atom. The summed E-state index contributed by atoms with van der Waals surface area (Å²) in [6.07, 6.45) is 0. The lowest BCUT2D eigenvalue weighted by Crippen LogP contribution is -2.30. The second kappa shape index (κ2) is 7.19. The van der Waals surface area contributed by atoms with Gasteiger partial charge in [0.1, 0.15) is 0 Å². The number of nitrogens with one attached hydrogen (secondary N) is 3. The molecule has 3 N–H and O–H groups in total. The Balaban J connectivity index is 1.57. The molecule has 1 aromatic heterocycles. The van der Waals surface area contributed by atoms with Crippen LogP contribution in [0.2, 0.25) is 0 Å². The van der Waals surface area contributed by atoms with Gasteiger partial charge < -0.3 is 15.5 Å². The number of aromatic nitrogens is 2. The maximum absolute atomic E-state index is 12.6. The third-order valence-electron chi connectivity index (χ3n) is 4.86. The van der Waals surface area contributed by atoms with E-state index in [0.717, 1.165) is 39.5 Å². The van der Waals surface area contributed by atoms with Gasteiger partial charge >= 0.3 is 6.03 Å². The summed E-state index contributed by atoms with van der Waals surface area (Å²) in [6.45, 7) is 4.40. The normalized spacial score (nSPS) is 12.6. The van der Waals surface area contributed by atoms with Crippen LogP contribution >= 0.6 is 0 Å². The van der Waals surface area contributed by atoms with Crippen LogP contribution in [0.3, 0.4) is 0 Å². The number of anilines is 2. The Morgan fingerprint density at radius 1 is 1.04 bits per heavy atom. The number of fused-ring (bicyclic) bond motifs is 1. The zero-order chi connectivity index (χ0) is 19.7. The summed E-state index contributed by atoms with van der Waals surface area (Å²) in [7, 11) is 0. The van der Waals surface area contributed by atoms with Gasteiger partial charge in [-0.2, -0.15) is 5.10 Å². The first-order chi connectivity index (χ1) is 13.5. The molecule has 1 aliphatic rings. The average molecular weight is 375 g/mol. The molecule has 3 aromatic rings. The minimum atomic E-state index is -0.148. The smallest absolute Gasteiger partial charge is 0.322 e. The first-order valence-corrected chi connectivity index (χ1v) is 9.07. The first kappa shape index (κ1) is 17.8. The Morgan fingerprint density at radius 3 is 2.57 bits per heavy atom. The molecule has 0 unspecified atom stereocenters. The molecule has 0 radical (unpaired) electrons. The molecule has 0 aliphatic carbocycles. The third kappa shape index (κ3) is 3.34. The van der Waals surface area contributed by atoms with Crippen molar-refractivity contribution in [1.82, 2.24) is 15.1 Å². The lowest BCUT2D eigenvalue weighted by molar-refractivity contribution is -0.114. The van der Waals surface area contributed by atoms with Crippen LogP contribution in [-0.4, -0.2) is 27.0 Å². The summed E-state index contributed by atoms with van der Waals surface area (Å²) >= 11 is 0. The van der Waals surface area contributed by atoms with Gasteiger partial charge in [0.15, 0.2) is 0 Å². The molecule has 3 amide bonds. The van der Waals surface area contributed by atoms with Crippen molar-refractivity contribution in [2.75, 3.05) is 10.6 Å². The van der Waals surface area contributed by atoms with Crippen LogP contribution < -0.4 is 10.6 Å². The van der Waals surface area contributed by atoms with Gasteiger partial charge in [-0.05, 0) is 30.7 Å². The minimum Gasteiger partial charge on any atom is -0.326 e. The monoisotopic (exact) mass is 375 g/mol. The number of urea groups is 1. The molecular formula is C21H21N5O2. The number of benzene rings is 2.